The molecule has 4 fully saturated rings. The van der Waals surface area contributed by atoms with E-state index in [1.165, 1.54) is 72.8 Å². The maximum absolute atomic E-state index is 17.0. The highest BCUT2D eigenvalue weighted by Crippen LogP contribution is 2.63. The molecule has 6 aliphatic heterocycles. The number of aliphatic hydroxyl groups is 18. The summed E-state index contributed by atoms with van der Waals surface area (Å²) in [6, 6.07) is 23.9. The molecule has 36 heteroatoms. The van der Waals surface area contributed by atoms with E-state index in [0.29, 0.717) is 0 Å². The molecule has 0 amide bonds. The molecule has 20 N–H and O–H groups in total. The molecule has 0 spiro atoms. The fourth-order valence-corrected chi connectivity index (χ4v) is 13.6. The zero-order valence-electron chi connectivity index (χ0n) is 54.6. The number of alkyl halides is 6. The largest absolute Gasteiger partial charge is 0.462 e. The fraction of sp³-hybridized carbons (Fsp3) is 0.400. The van der Waals surface area contributed by atoms with Crippen molar-refractivity contribution in [3.05, 3.63) is 144 Å². The van der Waals surface area contributed by atoms with Crippen molar-refractivity contribution in [3.8, 4) is 67.5 Å². The molecule has 8 bridgehead atoms. The van der Waals surface area contributed by atoms with E-state index in [2.05, 4.69) is 15.0 Å². The second kappa shape index (κ2) is 29.3. The van der Waals surface area contributed by atoms with E-state index in [4.69, 9.17) is 42.9 Å². The first-order valence-electron chi connectivity index (χ1n) is 32.7. The number of fused-ring (bicyclic) bond motifs is 8. The lowest BCUT2D eigenvalue weighted by molar-refractivity contribution is -0.394. The van der Waals surface area contributed by atoms with Gasteiger partial charge < -0.3 is 140 Å². The van der Waals surface area contributed by atoms with Crippen LogP contribution in [0.5, 0.6) is 23.0 Å². The normalized spacial score (nSPS) is 32.8. The molecular formula is C70H70F6N4O26. The van der Waals surface area contributed by atoms with Gasteiger partial charge in [-0.3, -0.25) is 0 Å². The molecule has 7 aromatic rings. The lowest BCUT2D eigenvalue weighted by atomic mass is 9.75. The summed E-state index contributed by atoms with van der Waals surface area (Å²) in [7, 11) is 0. The molecule has 0 saturated carbocycles. The lowest BCUT2D eigenvalue weighted by Crippen LogP contribution is -2.63. The zero-order valence-corrected chi connectivity index (χ0v) is 54.6. The molecule has 106 heavy (non-hydrogen) atoms. The summed E-state index contributed by atoms with van der Waals surface area (Å²) < 4.78 is 148. The zero-order chi connectivity index (χ0) is 76.0. The van der Waals surface area contributed by atoms with E-state index in [9.17, 15) is 91.9 Å². The Morgan fingerprint density at radius 3 is 0.830 bits per heavy atom. The molecule has 3 aromatic heterocycles. The van der Waals surface area contributed by atoms with Crippen molar-refractivity contribution >= 4 is 34.2 Å². The number of aliphatic hydroxyl groups excluding tert-OH is 16. The topological polar surface area (TPSA) is 495 Å². The van der Waals surface area contributed by atoms with Gasteiger partial charge in [-0.25, -0.2) is 9.97 Å². The van der Waals surface area contributed by atoms with Crippen molar-refractivity contribution in [2.45, 2.75) is 146 Å². The Bertz CT molecular complexity index is 4300. The van der Waals surface area contributed by atoms with Gasteiger partial charge in [0.05, 0.1) is 49.2 Å². The van der Waals surface area contributed by atoms with Crippen LogP contribution in [-0.2, 0) is 30.1 Å². The van der Waals surface area contributed by atoms with Gasteiger partial charge in [-0.05, 0) is 107 Å². The van der Waals surface area contributed by atoms with Crippen LogP contribution in [0.3, 0.4) is 0 Å². The van der Waals surface area contributed by atoms with Gasteiger partial charge in [0.1, 0.15) is 121 Å². The number of H-pyrrole nitrogens is 2. The second-order valence-electron chi connectivity index (χ2n) is 25.9. The van der Waals surface area contributed by atoms with E-state index in [1.54, 1.807) is 0 Å². The molecule has 10 unspecified atom stereocenters. The Balaban J connectivity index is 1.14. The van der Waals surface area contributed by atoms with Crippen LogP contribution >= 0.6 is 0 Å². The van der Waals surface area contributed by atoms with Crippen molar-refractivity contribution in [1.82, 2.24) is 19.9 Å². The number of benzene rings is 4. The van der Waals surface area contributed by atoms with Crippen LogP contribution in [-0.4, -0.2) is 273 Å². The Morgan fingerprint density at radius 1 is 0.340 bits per heavy atom. The number of ether oxygens (including phenoxy) is 8. The molecular weight excluding hydrogens is 1430 g/mol. The highest BCUT2D eigenvalue weighted by Gasteiger charge is 2.82. The predicted octanol–water partition coefficient (Wildman–Crippen LogP) is 0.0680. The van der Waals surface area contributed by atoms with Crippen molar-refractivity contribution in [1.29, 1.82) is 0 Å². The first kappa shape index (κ1) is 75.9. The Kier molecular flexibility index (Phi) is 21.0. The monoisotopic (exact) mass is 1500 g/mol. The Hall–Kier alpha value is -8.36. The van der Waals surface area contributed by atoms with Crippen molar-refractivity contribution in [2.24, 2.45) is 0 Å². The van der Waals surface area contributed by atoms with E-state index in [1.807, 2.05) is 0 Å². The number of hydrogen-bond donors (Lipinski definition) is 20. The lowest BCUT2D eigenvalue weighted by Gasteiger charge is -2.40. The van der Waals surface area contributed by atoms with Crippen LogP contribution in [0.1, 0.15) is 22.8 Å². The molecule has 568 valence electrons. The predicted molar refractivity (Wildman–Crippen MR) is 349 cm³/mol. The maximum Gasteiger partial charge on any atom is 0.426 e. The van der Waals surface area contributed by atoms with E-state index >= 15 is 26.3 Å². The first-order chi connectivity index (χ1) is 50.3. The smallest absolute Gasteiger partial charge is 0.426 e. The van der Waals surface area contributed by atoms with Crippen molar-refractivity contribution in [3.63, 3.8) is 0 Å². The van der Waals surface area contributed by atoms with Gasteiger partial charge in [-0.1, -0.05) is 48.5 Å². The van der Waals surface area contributed by atoms with Gasteiger partial charge in [-0.2, -0.15) is 26.3 Å². The van der Waals surface area contributed by atoms with Crippen LogP contribution in [0, 0.1) is 0 Å². The van der Waals surface area contributed by atoms with Crippen LogP contribution in [0.25, 0.3) is 78.7 Å². The SMILES string of the molecule is OCC1O[C@@H](Oc2cccc(-c3c4nc(c(-c5cccc(O[C@@H]6OC(CO)[C@@H](O)C(O)[C@@H]6O)c5)c5ccc([nH]5)c(-c5cccc(O[C@@H]6OC(CO)[C@@H](O)C(O)[C@@H]6O)c5)c5nc(c(-c6cccc(OC7O[C@H](CO)[C@@H](O)C(O)[C@H]7O)c6)c6ccc3[nH]6)C(O)(C(F)(F)F)C5(O)C(F)(F)F)C=C4)c2)[C@@H](O)C(O)[C@@H]1O. The number of nitrogens with one attached hydrogen (secondary N) is 2. The molecule has 0 radical (unpaired) electrons. The number of hydrogen-bond acceptors (Lipinski definition) is 28. The molecule has 22 atom stereocenters. The van der Waals surface area contributed by atoms with E-state index < -0.39 is 229 Å². The van der Waals surface area contributed by atoms with Crippen molar-refractivity contribution in [2.75, 3.05) is 26.4 Å². The molecule has 4 saturated heterocycles. The third-order valence-electron chi connectivity index (χ3n) is 19.2. The highest BCUT2D eigenvalue weighted by atomic mass is 19.4. The van der Waals surface area contributed by atoms with Gasteiger partial charge in [0.15, 0.2) is 0 Å². The van der Waals surface area contributed by atoms with Gasteiger partial charge in [-0.15, -0.1) is 0 Å². The third-order valence-corrected chi connectivity index (χ3v) is 19.2. The van der Waals surface area contributed by atoms with Gasteiger partial charge in [0.2, 0.25) is 36.4 Å². The van der Waals surface area contributed by atoms with Crippen LogP contribution in [0.4, 0.5) is 26.3 Å². The molecule has 0 aliphatic carbocycles. The van der Waals surface area contributed by atoms with Gasteiger partial charge in [0.25, 0.3) is 0 Å². The minimum absolute atomic E-state index is 0.0333. The van der Waals surface area contributed by atoms with E-state index in [0.717, 1.165) is 60.7 Å². The van der Waals surface area contributed by atoms with Gasteiger partial charge in [0, 0.05) is 44.3 Å². The molecule has 6 aliphatic rings. The molecule has 4 aromatic carbocycles. The summed E-state index contributed by atoms with van der Waals surface area (Å²) in [5.41, 5.74) is -20.3. The van der Waals surface area contributed by atoms with Crippen molar-refractivity contribution < 1.29 is 156 Å². The first-order valence-corrected chi connectivity index (χ1v) is 32.7. The van der Waals surface area contributed by atoms with Crippen LogP contribution in [0.2, 0.25) is 0 Å². The number of halogens is 6. The maximum atomic E-state index is 17.0. The minimum atomic E-state index is -6.66. The Labute approximate surface area is 592 Å². The molecule has 30 nitrogen and oxygen atoms in total. The summed E-state index contributed by atoms with van der Waals surface area (Å²) in [5, 5.41) is 195. The standard InChI is InChI=1S/C70H70F6N4O26/c71-69(72,73)67(97)61-47(29-7-3-11-33(21-29)101-65-59(95)55(91)51(87)43(25-83)105-65)39-17-15-37(78-39)45(27-5-1-9-31(19-27)99-63-57(93)53(89)49(85)41(23-81)103-63)35-13-14-36(77-35)46(28-6-2-10-32(20-28)100-64-58(94)54(90)50(86)42(24-82)104-64)38-16-18-40(79-38)48(62(80-61)68(67,98)70(74,75)76)30-8-4-12-34(22-30)102-66-60(96)56(92)52(88)44(26-84)106-66/h1-22,41-44,49-60,63-66,78-79,81-98H,23-26H2/t41?,42?,43-,44?,49-,50-,51-,52-,53?,54?,55?,56?,57+,58+,59-,60+,63-,64-,65?,66-,67?,68?/m1/s1. The fourth-order valence-electron chi connectivity index (χ4n) is 13.6. The second-order valence-corrected chi connectivity index (χ2v) is 25.9. The number of aromatic amines is 2. The van der Waals surface area contributed by atoms with Gasteiger partial charge >= 0.3 is 12.4 Å². The summed E-state index contributed by atoms with van der Waals surface area (Å²) in [6.07, 6.45) is -47.5. The summed E-state index contributed by atoms with van der Waals surface area (Å²) in [6.45, 7) is -3.61. The highest BCUT2D eigenvalue weighted by molar-refractivity contribution is 5.98. The number of aromatic nitrogens is 4. The average molecular weight is 1500 g/mol. The summed E-state index contributed by atoms with van der Waals surface area (Å²) >= 11 is 0. The molecule has 13 rings (SSSR count). The summed E-state index contributed by atoms with van der Waals surface area (Å²) in [5.74, 6) is -1.33. The van der Waals surface area contributed by atoms with Crippen LogP contribution in [0.15, 0.2) is 121 Å². The van der Waals surface area contributed by atoms with E-state index in [-0.39, 0.29) is 56.2 Å². The quantitative estimate of drug-likeness (QED) is 0.0569. The average Bonchev–Trinajstić information content (AvgIpc) is 1.49. The molecule has 9 heterocycles. The number of nitrogens with zero attached hydrogens (tertiary/aromatic N) is 2. The Morgan fingerprint density at radius 2 is 0.585 bits per heavy atom. The third kappa shape index (κ3) is 13.3. The van der Waals surface area contributed by atoms with Crippen LogP contribution < -0.4 is 18.9 Å². The minimum Gasteiger partial charge on any atom is -0.462 e. The summed E-state index contributed by atoms with van der Waals surface area (Å²) in [4.78, 5) is 15.2. The number of rotatable bonds is 16.